The molecule has 0 radical (unpaired) electrons. The molecule has 1 saturated heterocycles. The summed E-state index contributed by atoms with van der Waals surface area (Å²) in [5.74, 6) is 0.131. The minimum absolute atomic E-state index is 0.0758. The molecule has 1 aliphatic heterocycles. The first-order valence-corrected chi connectivity index (χ1v) is 6.76. The molecule has 0 aromatic rings. The second-order valence-electron chi connectivity index (χ2n) is 4.95. The highest BCUT2D eigenvalue weighted by Crippen LogP contribution is 2.33. The summed E-state index contributed by atoms with van der Waals surface area (Å²) in [5, 5.41) is 3.27. The SMILES string of the molecule is CCOC(=O)N1C(=O)C2CC(C)CCC2NC1=S. The normalized spacial score (nSPS) is 31.7. The Bertz CT molecular complexity index is 386. The number of ether oxygens (including phenoxy) is 1. The van der Waals surface area contributed by atoms with Crippen molar-refractivity contribution in [2.24, 2.45) is 11.8 Å². The zero-order valence-electron chi connectivity index (χ0n) is 10.6. The van der Waals surface area contributed by atoms with E-state index in [0.717, 1.165) is 24.2 Å². The molecule has 0 aromatic heterocycles. The van der Waals surface area contributed by atoms with Gasteiger partial charge < -0.3 is 10.1 Å². The molecule has 1 aliphatic carbocycles. The van der Waals surface area contributed by atoms with E-state index in [1.165, 1.54) is 0 Å². The van der Waals surface area contributed by atoms with E-state index in [2.05, 4.69) is 12.2 Å². The second-order valence-corrected chi connectivity index (χ2v) is 5.34. The first-order chi connectivity index (χ1) is 8.54. The van der Waals surface area contributed by atoms with E-state index in [1.807, 2.05) is 0 Å². The maximum Gasteiger partial charge on any atom is 0.423 e. The fourth-order valence-electron chi connectivity index (χ4n) is 2.68. The Labute approximate surface area is 112 Å². The number of rotatable bonds is 1. The summed E-state index contributed by atoms with van der Waals surface area (Å²) in [6, 6.07) is 0.0758. The van der Waals surface area contributed by atoms with E-state index in [-0.39, 0.29) is 29.6 Å². The molecule has 6 heteroatoms. The lowest BCUT2D eigenvalue weighted by atomic mass is 9.77. The summed E-state index contributed by atoms with van der Waals surface area (Å²) in [5.41, 5.74) is 0. The highest BCUT2D eigenvalue weighted by molar-refractivity contribution is 7.80. The second kappa shape index (κ2) is 5.22. The van der Waals surface area contributed by atoms with Crippen LogP contribution in [0.4, 0.5) is 4.79 Å². The zero-order chi connectivity index (χ0) is 13.3. The number of nitrogens with one attached hydrogen (secondary N) is 1. The van der Waals surface area contributed by atoms with Crippen LogP contribution in [0.1, 0.15) is 33.1 Å². The third-order valence-corrected chi connectivity index (χ3v) is 3.91. The number of hydrogen-bond donors (Lipinski definition) is 1. The van der Waals surface area contributed by atoms with Crippen molar-refractivity contribution in [1.82, 2.24) is 10.2 Å². The summed E-state index contributed by atoms with van der Waals surface area (Å²) in [6.07, 6.45) is 2.14. The highest BCUT2D eigenvalue weighted by atomic mass is 32.1. The Morgan fingerprint density at radius 2 is 2.28 bits per heavy atom. The molecule has 0 bridgehead atoms. The quantitative estimate of drug-likeness (QED) is 0.734. The molecule has 1 N–H and O–H groups in total. The molecule has 3 unspecified atom stereocenters. The topological polar surface area (TPSA) is 58.6 Å². The van der Waals surface area contributed by atoms with Gasteiger partial charge in [-0.05, 0) is 44.3 Å². The van der Waals surface area contributed by atoms with Crippen LogP contribution in [0.25, 0.3) is 0 Å². The number of hydrogen-bond acceptors (Lipinski definition) is 4. The van der Waals surface area contributed by atoms with E-state index < -0.39 is 6.09 Å². The van der Waals surface area contributed by atoms with Crippen LogP contribution >= 0.6 is 12.2 Å². The van der Waals surface area contributed by atoms with Gasteiger partial charge in [-0.2, -0.15) is 4.90 Å². The fraction of sp³-hybridized carbons (Fsp3) is 0.750. The molecule has 100 valence electrons. The van der Waals surface area contributed by atoms with Gasteiger partial charge in [0.15, 0.2) is 5.11 Å². The Balaban J connectivity index is 2.16. The van der Waals surface area contributed by atoms with E-state index in [9.17, 15) is 9.59 Å². The van der Waals surface area contributed by atoms with Crippen molar-refractivity contribution in [1.29, 1.82) is 0 Å². The van der Waals surface area contributed by atoms with Crippen LogP contribution < -0.4 is 5.32 Å². The lowest BCUT2D eigenvalue weighted by Gasteiger charge is -2.41. The molecule has 0 spiro atoms. The van der Waals surface area contributed by atoms with E-state index in [1.54, 1.807) is 6.92 Å². The number of nitrogens with zero attached hydrogens (tertiary/aromatic N) is 1. The molecule has 2 rings (SSSR count). The van der Waals surface area contributed by atoms with Crippen molar-refractivity contribution >= 4 is 29.3 Å². The molecule has 2 aliphatic rings. The number of fused-ring (bicyclic) bond motifs is 1. The van der Waals surface area contributed by atoms with Crippen molar-refractivity contribution in [2.45, 2.75) is 39.2 Å². The number of imide groups is 1. The Kier molecular flexibility index (Phi) is 3.85. The molecule has 3 atom stereocenters. The van der Waals surface area contributed by atoms with E-state index >= 15 is 0 Å². The largest absolute Gasteiger partial charge is 0.449 e. The van der Waals surface area contributed by atoms with Gasteiger partial charge in [0, 0.05) is 6.04 Å². The average Bonchev–Trinajstić information content (AvgIpc) is 2.31. The monoisotopic (exact) mass is 270 g/mol. The number of amides is 2. The Morgan fingerprint density at radius 1 is 1.56 bits per heavy atom. The molecular weight excluding hydrogens is 252 g/mol. The minimum atomic E-state index is -0.670. The Hall–Kier alpha value is -1.17. The first kappa shape index (κ1) is 13.3. The standard InChI is InChI=1S/C12H18N2O3S/c1-3-17-12(16)14-10(15)8-6-7(2)4-5-9(8)13-11(14)18/h7-9H,3-6H2,1-2H3,(H,13,18). The number of carbonyl (C=O) groups is 2. The van der Waals surface area contributed by atoms with Gasteiger partial charge in [-0.1, -0.05) is 6.92 Å². The van der Waals surface area contributed by atoms with Gasteiger partial charge in [0.2, 0.25) is 5.91 Å². The fourth-order valence-corrected chi connectivity index (χ4v) is 2.99. The summed E-state index contributed by atoms with van der Waals surface area (Å²) in [6.45, 7) is 4.06. The maximum atomic E-state index is 12.3. The molecule has 2 amide bonds. The van der Waals surface area contributed by atoms with Gasteiger partial charge in [0.1, 0.15) is 0 Å². The van der Waals surface area contributed by atoms with Crippen LogP contribution in [-0.4, -0.2) is 34.7 Å². The van der Waals surface area contributed by atoms with Crippen molar-refractivity contribution in [3.8, 4) is 0 Å². The molecular formula is C12H18N2O3S. The summed E-state index contributed by atoms with van der Waals surface area (Å²) in [4.78, 5) is 25.0. The van der Waals surface area contributed by atoms with Crippen LogP contribution in [0.15, 0.2) is 0 Å². The van der Waals surface area contributed by atoms with Crippen LogP contribution in [0.2, 0.25) is 0 Å². The van der Waals surface area contributed by atoms with Crippen molar-refractivity contribution in [3.05, 3.63) is 0 Å². The smallest absolute Gasteiger partial charge is 0.423 e. The van der Waals surface area contributed by atoms with Crippen LogP contribution in [0.3, 0.4) is 0 Å². The molecule has 1 saturated carbocycles. The lowest BCUT2D eigenvalue weighted by molar-refractivity contribution is -0.134. The summed E-state index contributed by atoms with van der Waals surface area (Å²) < 4.78 is 4.87. The molecule has 2 fully saturated rings. The molecule has 1 heterocycles. The summed E-state index contributed by atoms with van der Waals surface area (Å²) >= 11 is 5.09. The van der Waals surface area contributed by atoms with Crippen LogP contribution in [0, 0.1) is 11.8 Å². The Morgan fingerprint density at radius 3 is 2.94 bits per heavy atom. The predicted molar refractivity (Wildman–Crippen MR) is 69.9 cm³/mol. The van der Waals surface area contributed by atoms with Gasteiger partial charge in [-0.15, -0.1) is 0 Å². The summed E-state index contributed by atoms with van der Waals surface area (Å²) in [7, 11) is 0. The number of thiocarbonyl (C=S) groups is 1. The third kappa shape index (κ3) is 2.34. The third-order valence-electron chi connectivity index (χ3n) is 3.61. The van der Waals surface area contributed by atoms with Gasteiger partial charge >= 0.3 is 6.09 Å². The minimum Gasteiger partial charge on any atom is -0.449 e. The van der Waals surface area contributed by atoms with E-state index in [0.29, 0.717) is 5.92 Å². The van der Waals surface area contributed by atoms with Crippen LogP contribution in [-0.2, 0) is 9.53 Å². The van der Waals surface area contributed by atoms with Crippen LogP contribution in [0.5, 0.6) is 0 Å². The highest BCUT2D eigenvalue weighted by Gasteiger charge is 2.44. The molecule has 0 aromatic carbocycles. The van der Waals surface area contributed by atoms with E-state index in [4.69, 9.17) is 17.0 Å². The molecule has 18 heavy (non-hydrogen) atoms. The number of carbonyl (C=O) groups excluding carboxylic acids is 2. The van der Waals surface area contributed by atoms with Gasteiger partial charge in [-0.3, -0.25) is 4.79 Å². The molecule has 5 nitrogen and oxygen atoms in total. The van der Waals surface area contributed by atoms with Crippen molar-refractivity contribution < 1.29 is 14.3 Å². The zero-order valence-corrected chi connectivity index (χ0v) is 11.5. The average molecular weight is 270 g/mol. The van der Waals surface area contributed by atoms with Crippen molar-refractivity contribution in [3.63, 3.8) is 0 Å². The first-order valence-electron chi connectivity index (χ1n) is 6.35. The lowest BCUT2D eigenvalue weighted by Crippen LogP contribution is -2.62. The van der Waals surface area contributed by atoms with Gasteiger partial charge in [-0.25, -0.2) is 4.79 Å². The van der Waals surface area contributed by atoms with Gasteiger partial charge in [0.25, 0.3) is 0 Å². The van der Waals surface area contributed by atoms with Crippen molar-refractivity contribution in [2.75, 3.05) is 6.61 Å². The van der Waals surface area contributed by atoms with Gasteiger partial charge in [0.05, 0.1) is 12.5 Å². The maximum absolute atomic E-state index is 12.3. The predicted octanol–water partition coefficient (Wildman–Crippen LogP) is 1.66.